The maximum Gasteiger partial charge on any atom is 0.416 e. The summed E-state index contributed by atoms with van der Waals surface area (Å²) in [5, 5.41) is 1.30. The molecule has 1 aliphatic carbocycles. The number of anilines is 1. The maximum atomic E-state index is 14.9. The van der Waals surface area contributed by atoms with Gasteiger partial charge in [-0.25, -0.2) is 22.9 Å². The van der Waals surface area contributed by atoms with E-state index >= 15 is 0 Å². The van der Waals surface area contributed by atoms with Crippen molar-refractivity contribution in [3.63, 3.8) is 0 Å². The van der Waals surface area contributed by atoms with Gasteiger partial charge in [-0.15, -0.1) is 0 Å². The highest BCUT2D eigenvalue weighted by atomic mass is 19.4. The normalized spacial score (nSPS) is 18.1. The van der Waals surface area contributed by atoms with E-state index in [1.54, 1.807) is 5.32 Å². The van der Waals surface area contributed by atoms with E-state index in [1.807, 2.05) is 0 Å². The highest BCUT2D eigenvalue weighted by Crippen LogP contribution is 2.40. The summed E-state index contributed by atoms with van der Waals surface area (Å²) in [7, 11) is 0. The number of cyclic esters (lactones) is 1. The van der Waals surface area contributed by atoms with Gasteiger partial charge in [0.2, 0.25) is 5.43 Å². The first kappa shape index (κ1) is 27.0. The lowest BCUT2D eigenvalue weighted by molar-refractivity contribution is -0.158. The fourth-order valence-electron chi connectivity index (χ4n) is 4.35. The van der Waals surface area contributed by atoms with Gasteiger partial charge in [-0.1, -0.05) is 0 Å². The van der Waals surface area contributed by atoms with Crippen molar-refractivity contribution in [1.29, 1.82) is 0 Å². The molecule has 16 heteroatoms. The Labute approximate surface area is 219 Å². The van der Waals surface area contributed by atoms with E-state index in [0.717, 1.165) is 17.0 Å². The summed E-state index contributed by atoms with van der Waals surface area (Å²) in [6, 6.07) is 0.435. The van der Waals surface area contributed by atoms with Gasteiger partial charge < -0.3 is 15.8 Å². The van der Waals surface area contributed by atoms with Crippen molar-refractivity contribution in [1.82, 2.24) is 14.9 Å². The van der Waals surface area contributed by atoms with E-state index in [-0.39, 0.29) is 18.7 Å². The summed E-state index contributed by atoms with van der Waals surface area (Å²) >= 11 is 0. The van der Waals surface area contributed by atoms with Crippen LogP contribution in [-0.2, 0) is 9.53 Å². The predicted molar refractivity (Wildman–Crippen MR) is 124 cm³/mol. The average molecular weight is 569 g/mol. The number of alkyl halides is 3. The molecule has 2 aliphatic rings. The maximum absolute atomic E-state index is 14.9. The molecule has 2 fully saturated rings. The number of nitrogens with one attached hydrogen (secondary N) is 1. The fourth-order valence-corrected chi connectivity index (χ4v) is 4.35. The number of hydrogen-bond acceptors (Lipinski definition) is 6. The number of hydrogen-bond donors (Lipinski definition) is 2. The van der Waals surface area contributed by atoms with Gasteiger partial charge in [0, 0.05) is 18.3 Å². The van der Waals surface area contributed by atoms with Crippen LogP contribution >= 0.6 is 0 Å². The number of carbonyl (C=O) groups is 3. The van der Waals surface area contributed by atoms with Crippen molar-refractivity contribution in [3.05, 3.63) is 63.7 Å². The van der Waals surface area contributed by atoms with Crippen LogP contribution in [0.1, 0.15) is 23.2 Å². The third-order valence-corrected chi connectivity index (χ3v) is 6.44. The third-order valence-electron chi connectivity index (χ3n) is 6.44. The van der Waals surface area contributed by atoms with Crippen LogP contribution in [0.15, 0.2) is 35.3 Å². The van der Waals surface area contributed by atoms with Crippen LogP contribution in [0.2, 0.25) is 0 Å². The lowest BCUT2D eigenvalue weighted by atomic mass is 10.1. The van der Waals surface area contributed by atoms with Crippen LogP contribution in [-0.4, -0.2) is 52.3 Å². The van der Waals surface area contributed by atoms with Crippen LogP contribution in [0.4, 0.5) is 37.0 Å². The number of amides is 3. The largest absolute Gasteiger partial charge is 0.434 e. The number of pyridine rings is 2. The number of nitrogens with two attached hydrogens (primary N) is 1. The van der Waals surface area contributed by atoms with E-state index < -0.39 is 93.9 Å². The van der Waals surface area contributed by atoms with E-state index in [1.165, 1.54) is 0 Å². The molecule has 0 unspecified atom stereocenters. The Bertz CT molecular complexity index is 1610. The number of primary amides is 1. The zero-order valence-corrected chi connectivity index (χ0v) is 20.0. The van der Waals surface area contributed by atoms with E-state index in [0.29, 0.717) is 22.9 Å². The lowest BCUT2D eigenvalue weighted by Gasteiger charge is -2.22. The van der Waals surface area contributed by atoms with Gasteiger partial charge >= 0.3 is 12.3 Å². The highest BCUT2D eigenvalue weighted by Gasteiger charge is 2.50. The summed E-state index contributed by atoms with van der Waals surface area (Å²) in [5.74, 6) is -7.89. The second-order valence-corrected chi connectivity index (χ2v) is 9.22. The number of carbonyl (C=O) groups excluding carboxylic acids is 3. The number of ether oxygens (including phenoxy) is 1. The molecule has 0 spiro atoms. The standard InChI is InChI=1S/C24H17F6N5O5/c25-10-5-13(26)17(14(27)6-10)35-7-12(22(38)33-19(9-1-2-9)24(28,29)30)18(36)11-3-4-16(32-21(11)35)34-8-15(20(31)37)40-23(34)39/h3-7,9,15,19H,1-2,8H2,(H2,31,37)(H,33,38)/t15-,19-/m0/s1. The second kappa shape index (κ2) is 9.53. The highest BCUT2D eigenvalue weighted by molar-refractivity contribution is 5.98. The minimum absolute atomic E-state index is 0.195. The van der Waals surface area contributed by atoms with Crippen molar-refractivity contribution >= 4 is 34.8 Å². The van der Waals surface area contributed by atoms with Gasteiger partial charge in [-0.3, -0.25) is 23.9 Å². The van der Waals surface area contributed by atoms with Crippen molar-refractivity contribution in [2.75, 3.05) is 11.4 Å². The molecule has 2 aromatic heterocycles. The molecule has 1 saturated heterocycles. The van der Waals surface area contributed by atoms with Gasteiger partial charge in [0.05, 0.1) is 11.9 Å². The third kappa shape index (κ3) is 4.80. The Morgan fingerprint density at radius 1 is 1.10 bits per heavy atom. The summed E-state index contributed by atoms with van der Waals surface area (Å²) in [6.07, 6.45) is -6.27. The molecule has 0 radical (unpaired) electrons. The number of halogens is 6. The second-order valence-electron chi connectivity index (χ2n) is 9.22. The fraction of sp³-hybridized carbons (Fsp3) is 0.292. The predicted octanol–water partition coefficient (Wildman–Crippen LogP) is 2.68. The van der Waals surface area contributed by atoms with Crippen molar-refractivity contribution in [3.8, 4) is 5.69 Å². The van der Waals surface area contributed by atoms with Crippen LogP contribution < -0.4 is 21.4 Å². The van der Waals surface area contributed by atoms with Crippen LogP contribution in [0.5, 0.6) is 0 Å². The number of fused-ring (bicyclic) bond motifs is 1. The van der Waals surface area contributed by atoms with Gasteiger partial charge in [-0.2, -0.15) is 13.2 Å². The molecule has 3 heterocycles. The van der Waals surface area contributed by atoms with Gasteiger partial charge in [-0.05, 0) is 30.9 Å². The van der Waals surface area contributed by atoms with Gasteiger partial charge in [0.15, 0.2) is 23.4 Å². The summed E-state index contributed by atoms with van der Waals surface area (Å²) in [5.41, 5.74) is 1.55. The van der Waals surface area contributed by atoms with Crippen LogP contribution in [0, 0.1) is 23.4 Å². The Hall–Kier alpha value is -4.63. The number of rotatable bonds is 6. The Morgan fingerprint density at radius 2 is 1.75 bits per heavy atom. The van der Waals surface area contributed by atoms with E-state index in [9.17, 15) is 45.5 Å². The zero-order chi connectivity index (χ0) is 29.1. The molecule has 0 bridgehead atoms. The SMILES string of the molecule is NC(=O)[C@@H]1CN(c2ccc3c(=O)c(C(=O)N[C@@H](C4CC4)C(F)(F)F)cn(-c4c(F)cc(F)cc4F)c3n2)C(=O)O1. The Morgan fingerprint density at radius 3 is 2.30 bits per heavy atom. The topological polar surface area (TPSA) is 137 Å². The molecule has 1 aliphatic heterocycles. The summed E-state index contributed by atoms with van der Waals surface area (Å²) < 4.78 is 89.3. The molecule has 3 N–H and O–H groups in total. The van der Waals surface area contributed by atoms with Gasteiger partial charge in [0.25, 0.3) is 11.8 Å². The van der Waals surface area contributed by atoms with Crippen LogP contribution in [0.3, 0.4) is 0 Å². The minimum atomic E-state index is -4.83. The van der Waals surface area contributed by atoms with E-state index in [2.05, 4.69) is 4.98 Å². The molecule has 1 aromatic carbocycles. The molecule has 3 aromatic rings. The molecule has 40 heavy (non-hydrogen) atoms. The summed E-state index contributed by atoms with van der Waals surface area (Å²) in [4.78, 5) is 54.8. The molecule has 210 valence electrons. The molecule has 2 atom stereocenters. The first-order valence-corrected chi connectivity index (χ1v) is 11.6. The first-order valence-electron chi connectivity index (χ1n) is 11.6. The monoisotopic (exact) mass is 569 g/mol. The number of benzene rings is 1. The molecule has 10 nitrogen and oxygen atoms in total. The Balaban J connectivity index is 1.69. The van der Waals surface area contributed by atoms with E-state index in [4.69, 9.17) is 10.5 Å². The molecule has 3 amide bonds. The molecule has 1 saturated carbocycles. The molecule has 5 rings (SSSR count). The van der Waals surface area contributed by atoms with Crippen molar-refractivity contribution in [2.24, 2.45) is 11.7 Å². The average Bonchev–Trinajstić information content (AvgIpc) is 3.62. The van der Waals surface area contributed by atoms with Gasteiger partial charge in [0.1, 0.15) is 28.9 Å². The zero-order valence-electron chi connectivity index (χ0n) is 20.0. The number of nitrogens with zero attached hydrogens (tertiary/aromatic N) is 3. The quantitative estimate of drug-likeness (QED) is 0.438. The molecular weight excluding hydrogens is 552 g/mol. The molecular formula is C24H17F6N5O5. The van der Waals surface area contributed by atoms with Crippen molar-refractivity contribution < 1.29 is 45.5 Å². The van der Waals surface area contributed by atoms with Crippen molar-refractivity contribution in [2.45, 2.75) is 31.2 Å². The first-order chi connectivity index (χ1) is 18.8. The van der Waals surface area contributed by atoms with Crippen LogP contribution in [0.25, 0.3) is 16.7 Å². The minimum Gasteiger partial charge on any atom is -0.434 e. The lowest BCUT2D eigenvalue weighted by Crippen LogP contribution is -2.48. The smallest absolute Gasteiger partial charge is 0.416 e. The number of aromatic nitrogens is 2. The summed E-state index contributed by atoms with van der Waals surface area (Å²) in [6.45, 7) is -0.392. The Kier molecular flexibility index (Phi) is 6.42.